The van der Waals surface area contributed by atoms with E-state index < -0.39 is 5.97 Å². The third-order valence-electron chi connectivity index (χ3n) is 3.34. The smallest absolute Gasteiger partial charge is 0.354 e. The fourth-order valence-electron chi connectivity index (χ4n) is 2.25. The van der Waals surface area contributed by atoms with Gasteiger partial charge in [-0.15, -0.1) is 0 Å². The molecule has 4 nitrogen and oxygen atoms in total. The Bertz CT molecular complexity index is 406. The molecule has 0 bridgehead atoms. The van der Waals surface area contributed by atoms with Crippen molar-refractivity contribution in [2.24, 2.45) is 5.92 Å². The van der Waals surface area contributed by atoms with Gasteiger partial charge in [0.05, 0.1) is 0 Å². The second kappa shape index (κ2) is 5.17. The average Bonchev–Trinajstić information content (AvgIpc) is 2.54. The predicted molar refractivity (Wildman–Crippen MR) is 66.4 cm³/mol. The summed E-state index contributed by atoms with van der Waals surface area (Å²) in [7, 11) is 0. The number of aromatic nitrogens is 1. The van der Waals surface area contributed by atoms with Crippen molar-refractivity contribution in [3.8, 4) is 0 Å². The van der Waals surface area contributed by atoms with E-state index in [1.807, 2.05) is 6.07 Å². The van der Waals surface area contributed by atoms with E-state index >= 15 is 0 Å². The maximum atomic E-state index is 10.9. The van der Waals surface area contributed by atoms with Gasteiger partial charge in [0.15, 0.2) is 0 Å². The van der Waals surface area contributed by atoms with Crippen LogP contribution in [0.2, 0.25) is 0 Å². The van der Waals surface area contributed by atoms with E-state index in [1.165, 1.54) is 19.3 Å². The SMILES string of the molecule is CC1CCCN(c2ccnc(C(=O)O)c2)CC1. The van der Waals surface area contributed by atoms with Crippen LogP contribution in [0.25, 0.3) is 0 Å². The van der Waals surface area contributed by atoms with Gasteiger partial charge >= 0.3 is 5.97 Å². The van der Waals surface area contributed by atoms with E-state index in [0.717, 1.165) is 24.7 Å². The molecule has 1 atom stereocenters. The Morgan fingerprint density at radius 1 is 1.47 bits per heavy atom. The molecular formula is C13H18N2O2. The quantitative estimate of drug-likeness (QED) is 0.853. The molecule has 0 saturated carbocycles. The minimum atomic E-state index is -0.963. The molecule has 17 heavy (non-hydrogen) atoms. The lowest BCUT2D eigenvalue weighted by molar-refractivity contribution is 0.0690. The molecule has 0 spiro atoms. The summed E-state index contributed by atoms with van der Waals surface area (Å²) >= 11 is 0. The summed E-state index contributed by atoms with van der Waals surface area (Å²) in [6, 6.07) is 3.56. The van der Waals surface area contributed by atoms with E-state index in [1.54, 1.807) is 12.3 Å². The summed E-state index contributed by atoms with van der Waals surface area (Å²) in [5.74, 6) is -0.198. The van der Waals surface area contributed by atoms with Crippen molar-refractivity contribution in [3.05, 3.63) is 24.0 Å². The number of nitrogens with zero attached hydrogens (tertiary/aromatic N) is 2. The molecule has 1 fully saturated rings. The van der Waals surface area contributed by atoms with Crippen LogP contribution in [0.15, 0.2) is 18.3 Å². The van der Waals surface area contributed by atoms with Crippen molar-refractivity contribution >= 4 is 11.7 Å². The van der Waals surface area contributed by atoms with Crippen LogP contribution < -0.4 is 4.90 Å². The van der Waals surface area contributed by atoms with Crippen molar-refractivity contribution in [2.45, 2.75) is 26.2 Å². The van der Waals surface area contributed by atoms with Crippen LogP contribution >= 0.6 is 0 Å². The summed E-state index contributed by atoms with van der Waals surface area (Å²) in [4.78, 5) is 17.0. The average molecular weight is 234 g/mol. The Balaban J connectivity index is 2.15. The molecule has 0 aromatic carbocycles. The van der Waals surface area contributed by atoms with Crippen LogP contribution in [-0.2, 0) is 0 Å². The normalized spacial score (nSPS) is 21.0. The van der Waals surface area contributed by atoms with Crippen LogP contribution in [0.5, 0.6) is 0 Å². The number of hydrogen-bond donors (Lipinski definition) is 1. The second-order valence-electron chi connectivity index (χ2n) is 4.73. The summed E-state index contributed by atoms with van der Waals surface area (Å²) in [5, 5.41) is 8.92. The molecule has 1 aromatic heterocycles. The van der Waals surface area contributed by atoms with Crippen molar-refractivity contribution in [1.29, 1.82) is 0 Å². The zero-order chi connectivity index (χ0) is 12.3. The largest absolute Gasteiger partial charge is 0.477 e. The first-order valence-electron chi connectivity index (χ1n) is 6.11. The van der Waals surface area contributed by atoms with Gasteiger partial charge in [0, 0.05) is 25.0 Å². The van der Waals surface area contributed by atoms with Crippen molar-refractivity contribution in [3.63, 3.8) is 0 Å². The maximum Gasteiger partial charge on any atom is 0.354 e. The van der Waals surface area contributed by atoms with Crippen molar-refractivity contribution in [2.75, 3.05) is 18.0 Å². The number of rotatable bonds is 2. The molecule has 92 valence electrons. The van der Waals surface area contributed by atoms with E-state index in [9.17, 15) is 4.79 Å². The van der Waals surface area contributed by atoms with E-state index in [-0.39, 0.29) is 5.69 Å². The number of pyridine rings is 1. The van der Waals surface area contributed by atoms with Gasteiger partial charge in [0.2, 0.25) is 0 Å². The lowest BCUT2D eigenvalue weighted by Gasteiger charge is -2.22. The molecule has 4 heteroatoms. The summed E-state index contributed by atoms with van der Waals surface area (Å²) < 4.78 is 0. The van der Waals surface area contributed by atoms with Gasteiger partial charge in [0.1, 0.15) is 5.69 Å². The highest BCUT2D eigenvalue weighted by atomic mass is 16.4. The fraction of sp³-hybridized carbons (Fsp3) is 0.538. The standard InChI is InChI=1S/C13H18N2O2/c1-10-3-2-7-15(8-5-10)11-4-6-14-12(9-11)13(16)17/h4,6,9-10H,2-3,5,7-8H2,1H3,(H,16,17). The Morgan fingerprint density at radius 2 is 2.29 bits per heavy atom. The number of anilines is 1. The molecule has 1 saturated heterocycles. The van der Waals surface area contributed by atoms with Crippen LogP contribution in [-0.4, -0.2) is 29.1 Å². The highest BCUT2D eigenvalue weighted by Crippen LogP contribution is 2.22. The molecular weight excluding hydrogens is 216 g/mol. The summed E-state index contributed by atoms with van der Waals surface area (Å²) in [6.07, 6.45) is 5.18. The number of hydrogen-bond acceptors (Lipinski definition) is 3. The highest BCUT2D eigenvalue weighted by Gasteiger charge is 2.15. The van der Waals surface area contributed by atoms with Gasteiger partial charge < -0.3 is 10.0 Å². The van der Waals surface area contributed by atoms with Gasteiger partial charge in [-0.3, -0.25) is 0 Å². The van der Waals surface area contributed by atoms with Crippen molar-refractivity contribution in [1.82, 2.24) is 4.98 Å². The Hall–Kier alpha value is -1.58. The van der Waals surface area contributed by atoms with E-state index in [4.69, 9.17) is 5.11 Å². The number of carboxylic acid groups (broad SMARTS) is 1. The molecule has 1 aromatic rings. The van der Waals surface area contributed by atoms with Crippen LogP contribution in [0, 0.1) is 5.92 Å². The van der Waals surface area contributed by atoms with Gasteiger partial charge in [-0.25, -0.2) is 9.78 Å². The molecule has 0 aliphatic carbocycles. The van der Waals surface area contributed by atoms with E-state index in [2.05, 4.69) is 16.8 Å². The van der Waals surface area contributed by atoms with E-state index in [0.29, 0.717) is 0 Å². The first kappa shape index (κ1) is 11.9. The van der Waals surface area contributed by atoms with Gasteiger partial charge in [-0.05, 0) is 37.3 Å². The highest BCUT2D eigenvalue weighted by molar-refractivity contribution is 5.86. The van der Waals surface area contributed by atoms with Crippen molar-refractivity contribution < 1.29 is 9.90 Å². The third-order valence-corrected chi connectivity index (χ3v) is 3.34. The lowest BCUT2D eigenvalue weighted by atomic mass is 10.0. The molecule has 2 rings (SSSR count). The van der Waals surface area contributed by atoms with Crippen LogP contribution in [0.4, 0.5) is 5.69 Å². The first-order valence-corrected chi connectivity index (χ1v) is 6.11. The van der Waals surface area contributed by atoms with Crippen LogP contribution in [0.3, 0.4) is 0 Å². The van der Waals surface area contributed by atoms with Gasteiger partial charge in [-0.1, -0.05) is 6.92 Å². The molecule has 1 N–H and O–H groups in total. The zero-order valence-corrected chi connectivity index (χ0v) is 10.1. The molecule has 2 heterocycles. The Morgan fingerprint density at radius 3 is 3.06 bits per heavy atom. The molecule has 0 amide bonds. The lowest BCUT2D eigenvalue weighted by Crippen LogP contribution is -2.24. The van der Waals surface area contributed by atoms with Crippen LogP contribution in [0.1, 0.15) is 36.7 Å². The Labute approximate surface area is 101 Å². The van der Waals surface area contributed by atoms with Gasteiger partial charge in [-0.2, -0.15) is 0 Å². The van der Waals surface area contributed by atoms with Gasteiger partial charge in [0.25, 0.3) is 0 Å². The number of carboxylic acids is 1. The summed E-state index contributed by atoms with van der Waals surface area (Å²) in [5.41, 5.74) is 1.10. The molecule has 1 aliphatic rings. The number of aromatic carboxylic acids is 1. The fourth-order valence-corrected chi connectivity index (χ4v) is 2.25. The number of carbonyl (C=O) groups is 1. The second-order valence-corrected chi connectivity index (χ2v) is 4.73. The molecule has 0 radical (unpaired) electrons. The third kappa shape index (κ3) is 2.96. The summed E-state index contributed by atoms with van der Waals surface area (Å²) in [6.45, 7) is 4.29. The monoisotopic (exact) mass is 234 g/mol. The minimum Gasteiger partial charge on any atom is -0.477 e. The minimum absolute atomic E-state index is 0.125. The topological polar surface area (TPSA) is 53.4 Å². The molecule has 1 unspecified atom stereocenters. The predicted octanol–water partition coefficient (Wildman–Crippen LogP) is 2.41. The Kier molecular flexibility index (Phi) is 3.61. The first-order chi connectivity index (χ1) is 8.16. The molecule has 1 aliphatic heterocycles. The maximum absolute atomic E-state index is 10.9. The zero-order valence-electron chi connectivity index (χ0n) is 10.1.